The average Bonchev–Trinajstić information content (AvgIpc) is 2.41. The summed E-state index contributed by atoms with van der Waals surface area (Å²) in [4.78, 5) is 4.26. The van der Waals surface area contributed by atoms with Crippen LogP contribution in [0.15, 0.2) is 47.1 Å². The predicted octanol–water partition coefficient (Wildman–Crippen LogP) is 4.72. The van der Waals surface area contributed by atoms with E-state index in [9.17, 15) is 0 Å². The molecule has 1 unspecified atom stereocenters. The summed E-state index contributed by atoms with van der Waals surface area (Å²) in [5, 5.41) is 0. The van der Waals surface area contributed by atoms with Gasteiger partial charge >= 0.3 is 0 Å². The molecule has 0 aliphatic carbocycles. The van der Waals surface area contributed by atoms with E-state index in [-0.39, 0.29) is 6.10 Å². The van der Waals surface area contributed by atoms with Gasteiger partial charge in [0.2, 0.25) is 5.88 Å². The summed E-state index contributed by atoms with van der Waals surface area (Å²) in [6.45, 7) is 2.00. The molecule has 0 spiro atoms. The van der Waals surface area contributed by atoms with Crippen molar-refractivity contribution in [2.45, 2.75) is 18.9 Å². The van der Waals surface area contributed by atoms with Gasteiger partial charge in [-0.2, -0.15) is 0 Å². The van der Waals surface area contributed by atoms with Crippen LogP contribution in [0.1, 0.15) is 24.2 Å². The minimum absolute atomic E-state index is 0.0538. The quantitative estimate of drug-likeness (QED) is 0.758. The second-order valence-corrected chi connectivity index (χ2v) is 5.11. The number of benzene rings is 1. The van der Waals surface area contributed by atoms with E-state index in [4.69, 9.17) is 16.3 Å². The van der Waals surface area contributed by atoms with Gasteiger partial charge in [0.05, 0.1) is 5.88 Å². The van der Waals surface area contributed by atoms with E-state index in [0.29, 0.717) is 11.8 Å². The van der Waals surface area contributed by atoms with Gasteiger partial charge in [0.1, 0.15) is 6.10 Å². The molecule has 1 aromatic carbocycles. The summed E-state index contributed by atoms with van der Waals surface area (Å²) in [5.41, 5.74) is 2.00. The van der Waals surface area contributed by atoms with Crippen LogP contribution < -0.4 is 4.74 Å². The zero-order valence-electron chi connectivity index (χ0n) is 9.94. The number of pyridine rings is 1. The molecule has 0 saturated heterocycles. The first-order valence-electron chi connectivity index (χ1n) is 5.62. The molecule has 18 heavy (non-hydrogen) atoms. The molecule has 0 fully saturated rings. The van der Waals surface area contributed by atoms with Crippen LogP contribution in [-0.4, -0.2) is 4.98 Å². The van der Waals surface area contributed by atoms with Crippen LogP contribution in [0.2, 0.25) is 0 Å². The van der Waals surface area contributed by atoms with Crippen LogP contribution in [0.4, 0.5) is 0 Å². The third-order valence-corrected chi connectivity index (χ3v) is 3.31. The average molecular weight is 327 g/mol. The van der Waals surface area contributed by atoms with E-state index in [0.717, 1.165) is 15.6 Å². The Morgan fingerprint density at radius 1 is 1.33 bits per heavy atom. The van der Waals surface area contributed by atoms with Gasteiger partial charge in [-0.15, -0.1) is 11.6 Å². The van der Waals surface area contributed by atoms with Crippen LogP contribution in [0.3, 0.4) is 0 Å². The molecule has 1 atom stereocenters. The number of nitrogens with zero attached hydrogens (tertiary/aromatic N) is 1. The molecule has 4 heteroatoms. The van der Waals surface area contributed by atoms with Crippen molar-refractivity contribution < 1.29 is 4.74 Å². The number of halogens is 2. The van der Waals surface area contributed by atoms with Crippen LogP contribution in [0.25, 0.3) is 0 Å². The highest BCUT2D eigenvalue weighted by atomic mass is 79.9. The molecule has 0 aliphatic rings. The Bertz CT molecular complexity index is 518. The molecule has 0 aliphatic heterocycles. The first-order chi connectivity index (χ1) is 8.70. The molecular weight excluding hydrogens is 314 g/mol. The number of hydrogen-bond donors (Lipinski definition) is 0. The summed E-state index contributed by atoms with van der Waals surface area (Å²) in [6.07, 6.45) is 1.66. The van der Waals surface area contributed by atoms with Crippen LogP contribution in [0, 0.1) is 0 Å². The van der Waals surface area contributed by atoms with E-state index in [1.807, 2.05) is 43.3 Å². The highest BCUT2D eigenvalue weighted by Crippen LogP contribution is 2.26. The Labute approximate surface area is 120 Å². The van der Waals surface area contributed by atoms with Gasteiger partial charge in [-0.1, -0.05) is 30.3 Å². The molecule has 0 bridgehead atoms. The lowest BCUT2D eigenvalue weighted by Crippen LogP contribution is -2.05. The molecule has 2 aromatic rings. The number of hydrogen-bond acceptors (Lipinski definition) is 2. The van der Waals surface area contributed by atoms with E-state index in [1.165, 1.54) is 0 Å². The zero-order valence-corrected chi connectivity index (χ0v) is 12.3. The summed E-state index contributed by atoms with van der Waals surface area (Å²) >= 11 is 9.26. The first kappa shape index (κ1) is 13.4. The Morgan fingerprint density at radius 3 is 2.72 bits per heavy atom. The van der Waals surface area contributed by atoms with Crippen molar-refractivity contribution in [1.29, 1.82) is 0 Å². The van der Waals surface area contributed by atoms with Crippen molar-refractivity contribution in [1.82, 2.24) is 4.98 Å². The minimum atomic E-state index is -0.0538. The molecule has 0 N–H and O–H groups in total. The topological polar surface area (TPSA) is 22.1 Å². The predicted molar refractivity (Wildman–Crippen MR) is 77.0 cm³/mol. The van der Waals surface area contributed by atoms with Crippen molar-refractivity contribution in [3.05, 3.63) is 58.2 Å². The first-order valence-corrected chi connectivity index (χ1v) is 6.95. The second-order valence-electron chi connectivity index (χ2n) is 3.92. The van der Waals surface area contributed by atoms with E-state index in [1.54, 1.807) is 6.20 Å². The molecule has 2 nitrogen and oxygen atoms in total. The van der Waals surface area contributed by atoms with Gasteiger partial charge in [-0.05, 0) is 34.5 Å². The minimum Gasteiger partial charge on any atom is -0.470 e. The summed E-state index contributed by atoms with van der Waals surface area (Å²) in [5.74, 6) is 0.966. The van der Waals surface area contributed by atoms with Crippen molar-refractivity contribution in [3.8, 4) is 5.88 Å². The Hall–Kier alpha value is -1.06. The monoisotopic (exact) mass is 325 g/mol. The van der Waals surface area contributed by atoms with Gasteiger partial charge in [0.25, 0.3) is 0 Å². The van der Waals surface area contributed by atoms with E-state index in [2.05, 4.69) is 20.9 Å². The maximum atomic E-state index is 5.89. The Balaban J connectivity index is 2.19. The molecule has 94 valence electrons. The highest BCUT2D eigenvalue weighted by Gasteiger charge is 2.11. The van der Waals surface area contributed by atoms with Gasteiger partial charge in [0, 0.05) is 16.2 Å². The lowest BCUT2D eigenvalue weighted by atomic mass is 10.1. The van der Waals surface area contributed by atoms with Crippen LogP contribution in [-0.2, 0) is 5.88 Å². The number of alkyl halides is 1. The Morgan fingerprint density at radius 2 is 2.06 bits per heavy atom. The molecule has 1 aromatic heterocycles. The zero-order chi connectivity index (χ0) is 13.0. The van der Waals surface area contributed by atoms with Gasteiger partial charge in [-0.25, -0.2) is 4.98 Å². The number of aromatic nitrogens is 1. The fraction of sp³-hybridized carbons (Fsp3) is 0.214. The lowest BCUT2D eigenvalue weighted by molar-refractivity contribution is 0.215. The molecule has 2 rings (SSSR count). The maximum absolute atomic E-state index is 5.89. The third kappa shape index (κ3) is 3.24. The summed E-state index contributed by atoms with van der Waals surface area (Å²) in [7, 11) is 0. The molecule has 0 radical (unpaired) electrons. The lowest BCUT2D eigenvalue weighted by Gasteiger charge is -2.16. The van der Waals surface area contributed by atoms with Crippen molar-refractivity contribution in [2.24, 2.45) is 0 Å². The fourth-order valence-corrected chi connectivity index (χ4v) is 2.20. The normalized spacial score (nSPS) is 12.2. The van der Waals surface area contributed by atoms with Crippen molar-refractivity contribution >= 4 is 27.5 Å². The standard InChI is InChI=1S/C14H13BrClNO/c1-10(11-5-3-2-4-6-11)18-14-12(8-16)7-13(15)9-17-14/h2-7,9-10H,8H2,1H3. The number of ether oxygens (including phenoxy) is 1. The second kappa shape index (κ2) is 6.21. The maximum Gasteiger partial charge on any atom is 0.218 e. The van der Waals surface area contributed by atoms with Gasteiger partial charge in [-0.3, -0.25) is 0 Å². The SMILES string of the molecule is CC(Oc1ncc(Br)cc1CCl)c1ccccc1. The summed E-state index contributed by atoms with van der Waals surface area (Å²) < 4.78 is 6.76. The van der Waals surface area contributed by atoms with Gasteiger partial charge < -0.3 is 4.74 Å². The smallest absolute Gasteiger partial charge is 0.218 e. The van der Waals surface area contributed by atoms with Crippen molar-refractivity contribution in [2.75, 3.05) is 0 Å². The largest absolute Gasteiger partial charge is 0.470 e. The summed E-state index contributed by atoms with van der Waals surface area (Å²) in [6, 6.07) is 12.0. The molecular formula is C14H13BrClNO. The third-order valence-electron chi connectivity index (χ3n) is 2.59. The Kier molecular flexibility index (Phi) is 4.61. The van der Waals surface area contributed by atoms with Crippen molar-refractivity contribution in [3.63, 3.8) is 0 Å². The van der Waals surface area contributed by atoms with E-state index >= 15 is 0 Å². The molecule has 0 saturated carbocycles. The van der Waals surface area contributed by atoms with E-state index < -0.39 is 0 Å². The van der Waals surface area contributed by atoms with Crippen LogP contribution >= 0.6 is 27.5 Å². The fourth-order valence-electron chi connectivity index (χ4n) is 1.63. The van der Waals surface area contributed by atoms with Gasteiger partial charge in [0.15, 0.2) is 0 Å². The highest BCUT2D eigenvalue weighted by molar-refractivity contribution is 9.10. The van der Waals surface area contributed by atoms with Crippen LogP contribution in [0.5, 0.6) is 5.88 Å². The number of rotatable bonds is 4. The molecule has 0 amide bonds. The molecule has 1 heterocycles.